The predicted molar refractivity (Wildman–Crippen MR) is 98.2 cm³/mol. The highest BCUT2D eigenvalue weighted by molar-refractivity contribution is 5.92. The summed E-state index contributed by atoms with van der Waals surface area (Å²) in [6, 6.07) is 0. The van der Waals surface area contributed by atoms with E-state index in [2.05, 4.69) is 12.8 Å². The average Bonchev–Trinajstić information content (AvgIpc) is 2.92. The summed E-state index contributed by atoms with van der Waals surface area (Å²) in [7, 11) is 0. The maximum Gasteiger partial charge on any atom is 0.332 e. The SMILES string of the molecule is C#C[C@]1(O)CC[C@H]2[C@@H]3CCC4=CC(=O)CC(OC(=O)CO)[C@@H]4[C@H]3CC[C@@]21C. The van der Waals surface area contributed by atoms with Crippen LogP contribution in [-0.4, -0.2) is 40.3 Å². The summed E-state index contributed by atoms with van der Waals surface area (Å²) in [6.45, 7) is 1.47. The third kappa shape index (κ3) is 2.68. The monoisotopic (exact) mass is 372 g/mol. The van der Waals surface area contributed by atoms with Crippen LogP contribution in [0.2, 0.25) is 0 Å². The lowest BCUT2D eigenvalue weighted by molar-refractivity contribution is -0.160. The number of fused-ring (bicyclic) bond motifs is 5. The van der Waals surface area contributed by atoms with Gasteiger partial charge in [0.2, 0.25) is 0 Å². The fourth-order valence-corrected chi connectivity index (χ4v) is 6.80. The van der Waals surface area contributed by atoms with Gasteiger partial charge in [-0.25, -0.2) is 4.79 Å². The van der Waals surface area contributed by atoms with E-state index in [1.807, 2.05) is 0 Å². The van der Waals surface area contributed by atoms with Gasteiger partial charge in [-0.15, -0.1) is 6.42 Å². The molecule has 27 heavy (non-hydrogen) atoms. The van der Waals surface area contributed by atoms with Crippen molar-refractivity contribution in [1.82, 2.24) is 0 Å². The summed E-state index contributed by atoms with van der Waals surface area (Å²) in [5.74, 6) is 3.15. The van der Waals surface area contributed by atoms with Crippen LogP contribution in [0.5, 0.6) is 0 Å². The molecule has 0 saturated heterocycles. The molecule has 4 aliphatic rings. The van der Waals surface area contributed by atoms with Gasteiger partial charge < -0.3 is 14.9 Å². The number of aliphatic hydroxyl groups excluding tert-OH is 1. The van der Waals surface area contributed by atoms with Crippen LogP contribution in [0.1, 0.15) is 51.9 Å². The molecule has 0 amide bonds. The number of hydrogen-bond donors (Lipinski definition) is 2. The van der Waals surface area contributed by atoms with Crippen molar-refractivity contribution in [3.8, 4) is 12.3 Å². The standard InChI is InChI=1S/C22H28O5/c1-3-22(26)9-7-17-15-5-4-13-10-14(24)11-18(27-19(25)12-23)20(13)16(15)6-8-21(17,22)2/h1,10,15-18,20,23,26H,4-9,11-12H2,2H3/t15-,16+,17+,18?,20+,21+,22+/m1/s1. The number of terminal acetylenes is 1. The third-order valence-corrected chi connectivity index (χ3v) is 8.10. The van der Waals surface area contributed by atoms with Gasteiger partial charge in [-0.1, -0.05) is 18.4 Å². The quantitative estimate of drug-likeness (QED) is 0.572. The highest BCUT2D eigenvalue weighted by atomic mass is 16.6. The van der Waals surface area contributed by atoms with Crippen LogP contribution in [0, 0.1) is 41.4 Å². The van der Waals surface area contributed by atoms with Crippen LogP contribution in [0.25, 0.3) is 0 Å². The summed E-state index contributed by atoms with van der Waals surface area (Å²) in [5.41, 5.74) is -0.215. The van der Waals surface area contributed by atoms with E-state index in [0.717, 1.165) is 37.7 Å². The van der Waals surface area contributed by atoms with Gasteiger partial charge in [-0.05, 0) is 62.4 Å². The number of hydrogen-bond acceptors (Lipinski definition) is 5. The molecule has 0 bridgehead atoms. The van der Waals surface area contributed by atoms with Gasteiger partial charge in [0.25, 0.3) is 0 Å². The number of ether oxygens (including phenoxy) is 1. The maximum absolute atomic E-state index is 12.1. The fourth-order valence-electron chi connectivity index (χ4n) is 6.80. The van der Waals surface area contributed by atoms with Gasteiger partial charge in [0, 0.05) is 17.8 Å². The van der Waals surface area contributed by atoms with Gasteiger partial charge in [0.1, 0.15) is 18.3 Å². The van der Waals surface area contributed by atoms with Crippen molar-refractivity contribution in [2.24, 2.45) is 29.1 Å². The van der Waals surface area contributed by atoms with Crippen molar-refractivity contribution in [2.45, 2.75) is 63.6 Å². The lowest BCUT2D eigenvalue weighted by atomic mass is 9.50. The van der Waals surface area contributed by atoms with Gasteiger partial charge in [-0.2, -0.15) is 0 Å². The zero-order valence-electron chi connectivity index (χ0n) is 15.8. The lowest BCUT2D eigenvalue weighted by Gasteiger charge is -2.55. The molecule has 4 aliphatic carbocycles. The topological polar surface area (TPSA) is 83.8 Å². The number of carbonyl (C=O) groups is 2. The highest BCUT2D eigenvalue weighted by Gasteiger charge is 2.62. The molecule has 7 atom stereocenters. The molecule has 0 radical (unpaired) electrons. The summed E-state index contributed by atoms with van der Waals surface area (Å²) in [4.78, 5) is 23.9. The average molecular weight is 372 g/mol. The van der Waals surface area contributed by atoms with E-state index in [1.165, 1.54) is 0 Å². The van der Waals surface area contributed by atoms with Crippen molar-refractivity contribution >= 4 is 11.8 Å². The van der Waals surface area contributed by atoms with Crippen molar-refractivity contribution < 1.29 is 24.5 Å². The van der Waals surface area contributed by atoms with E-state index >= 15 is 0 Å². The minimum absolute atomic E-state index is 0.00124. The first-order chi connectivity index (χ1) is 12.8. The van der Waals surface area contributed by atoms with Gasteiger partial charge >= 0.3 is 5.97 Å². The third-order valence-electron chi connectivity index (χ3n) is 8.10. The smallest absolute Gasteiger partial charge is 0.332 e. The molecule has 1 unspecified atom stereocenters. The Labute approximate surface area is 160 Å². The molecule has 3 fully saturated rings. The molecule has 0 aromatic carbocycles. The fraction of sp³-hybridized carbons (Fsp3) is 0.727. The van der Waals surface area contributed by atoms with Crippen LogP contribution in [-0.2, 0) is 14.3 Å². The zero-order valence-corrected chi connectivity index (χ0v) is 15.8. The van der Waals surface area contributed by atoms with E-state index in [9.17, 15) is 14.7 Å². The van der Waals surface area contributed by atoms with Gasteiger partial charge in [-0.3, -0.25) is 4.79 Å². The minimum Gasteiger partial charge on any atom is -0.460 e. The number of rotatable bonds is 2. The van der Waals surface area contributed by atoms with Crippen LogP contribution in [0.4, 0.5) is 0 Å². The Hall–Kier alpha value is -1.64. The predicted octanol–water partition coefficient (Wildman–Crippen LogP) is 2.01. The maximum atomic E-state index is 12.1. The Balaban J connectivity index is 1.65. The van der Waals surface area contributed by atoms with Crippen molar-refractivity contribution in [2.75, 3.05) is 6.61 Å². The van der Waals surface area contributed by atoms with E-state index in [4.69, 9.17) is 16.3 Å². The number of esters is 1. The van der Waals surface area contributed by atoms with Crippen LogP contribution in [0.15, 0.2) is 11.6 Å². The Kier molecular flexibility index (Phi) is 4.48. The van der Waals surface area contributed by atoms with E-state index in [1.54, 1.807) is 6.08 Å². The molecule has 5 heteroatoms. The lowest BCUT2D eigenvalue weighted by Crippen LogP contribution is -2.54. The second-order valence-electron chi connectivity index (χ2n) is 9.07. The van der Waals surface area contributed by atoms with E-state index in [0.29, 0.717) is 24.2 Å². The molecular weight excluding hydrogens is 344 g/mol. The van der Waals surface area contributed by atoms with Crippen LogP contribution in [0.3, 0.4) is 0 Å². The molecule has 0 spiro atoms. The zero-order chi connectivity index (χ0) is 19.4. The molecule has 0 aromatic rings. The number of carbonyl (C=O) groups excluding carboxylic acids is 2. The second-order valence-corrected chi connectivity index (χ2v) is 9.07. The van der Waals surface area contributed by atoms with Crippen molar-refractivity contribution in [3.63, 3.8) is 0 Å². The largest absolute Gasteiger partial charge is 0.460 e. The van der Waals surface area contributed by atoms with Crippen molar-refractivity contribution in [1.29, 1.82) is 0 Å². The van der Waals surface area contributed by atoms with Gasteiger partial charge in [0.15, 0.2) is 5.78 Å². The van der Waals surface area contributed by atoms with Crippen LogP contribution < -0.4 is 0 Å². The summed E-state index contributed by atoms with van der Waals surface area (Å²) in [6.07, 6.45) is 12.3. The Morgan fingerprint density at radius 1 is 1.33 bits per heavy atom. The normalized spacial score (nSPS) is 45.8. The number of ketones is 1. The molecule has 5 nitrogen and oxygen atoms in total. The van der Waals surface area contributed by atoms with Gasteiger partial charge in [0.05, 0.1) is 0 Å². The molecule has 2 N–H and O–H groups in total. The molecular formula is C22H28O5. The Bertz CT molecular complexity index is 733. The summed E-state index contributed by atoms with van der Waals surface area (Å²) in [5, 5.41) is 20.1. The second kappa shape index (κ2) is 6.46. The molecule has 146 valence electrons. The molecule has 0 aromatic heterocycles. The number of aliphatic hydroxyl groups is 2. The molecule has 4 rings (SSSR count). The minimum atomic E-state index is -1.04. The first-order valence-corrected chi connectivity index (χ1v) is 10.1. The molecule has 0 aliphatic heterocycles. The van der Waals surface area contributed by atoms with E-state index in [-0.39, 0.29) is 23.5 Å². The molecule has 0 heterocycles. The van der Waals surface area contributed by atoms with E-state index < -0.39 is 24.3 Å². The first-order valence-electron chi connectivity index (χ1n) is 10.1. The first kappa shape index (κ1) is 18.7. The highest BCUT2D eigenvalue weighted by Crippen LogP contribution is 2.64. The molecule has 3 saturated carbocycles. The Morgan fingerprint density at radius 3 is 2.81 bits per heavy atom. The summed E-state index contributed by atoms with van der Waals surface area (Å²) >= 11 is 0. The van der Waals surface area contributed by atoms with Crippen molar-refractivity contribution in [3.05, 3.63) is 11.6 Å². The summed E-state index contributed by atoms with van der Waals surface area (Å²) < 4.78 is 5.50. The Morgan fingerprint density at radius 2 is 2.11 bits per heavy atom. The van der Waals surface area contributed by atoms with Crippen LogP contribution >= 0.6 is 0 Å².